The van der Waals surface area contributed by atoms with E-state index in [1.165, 1.54) is 23.4 Å². The van der Waals surface area contributed by atoms with Crippen molar-refractivity contribution in [3.63, 3.8) is 0 Å². The number of rotatable bonds is 0. The Morgan fingerprint density at radius 2 is 2.33 bits per heavy atom. The molecule has 0 amide bonds. The number of nitrogen functional groups attached to an aromatic ring is 1. The van der Waals surface area contributed by atoms with E-state index < -0.39 is 0 Å². The first kappa shape index (κ1) is 6.42. The second-order valence-corrected chi connectivity index (χ2v) is 4.05. The van der Waals surface area contributed by atoms with Crippen LogP contribution in [0.2, 0.25) is 0 Å². The maximum Gasteiger partial charge on any atom is 0.241 e. The van der Waals surface area contributed by atoms with Gasteiger partial charge in [0, 0.05) is 4.88 Å². The highest BCUT2D eigenvalue weighted by Crippen LogP contribution is 2.29. The molecule has 0 spiro atoms. The number of hydrogen-bond acceptors (Lipinski definition) is 4. The number of aromatic nitrogens is 3. The third kappa shape index (κ3) is 0.665. The van der Waals surface area contributed by atoms with Crippen LogP contribution < -0.4 is 5.73 Å². The number of aryl methyl sites for hydroxylation is 2. The van der Waals surface area contributed by atoms with Crippen LogP contribution in [0.5, 0.6) is 0 Å². The summed E-state index contributed by atoms with van der Waals surface area (Å²) in [6, 6.07) is 0. The standard InChI is InChI=1S/C7H8N4S/c8-6-9-7-11(10-6)4-2-1-3-5(4)12-7/h1-3H2,(H2,8,10). The molecule has 0 saturated heterocycles. The van der Waals surface area contributed by atoms with Crippen molar-refractivity contribution in [2.75, 3.05) is 5.73 Å². The van der Waals surface area contributed by atoms with Gasteiger partial charge in [-0.25, -0.2) is 4.52 Å². The van der Waals surface area contributed by atoms with Gasteiger partial charge in [0.1, 0.15) is 0 Å². The van der Waals surface area contributed by atoms with Crippen molar-refractivity contribution in [3.05, 3.63) is 10.6 Å². The highest BCUT2D eigenvalue weighted by molar-refractivity contribution is 7.17. The van der Waals surface area contributed by atoms with Crippen molar-refractivity contribution in [1.29, 1.82) is 0 Å². The summed E-state index contributed by atoms with van der Waals surface area (Å²) in [5.41, 5.74) is 6.81. The molecule has 4 nitrogen and oxygen atoms in total. The number of anilines is 1. The van der Waals surface area contributed by atoms with Crippen LogP contribution in [0.3, 0.4) is 0 Å². The molecule has 0 fully saturated rings. The normalized spacial score (nSPS) is 15.7. The molecule has 0 unspecified atom stereocenters. The summed E-state index contributed by atoms with van der Waals surface area (Å²) >= 11 is 1.72. The summed E-state index contributed by atoms with van der Waals surface area (Å²) in [5, 5.41) is 4.14. The van der Waals surface area contributed by atoms with Crippen LogP contribution in [0.1, 0.15) is 17.0 Å². The molecular formula is C7H8N4S. The maximum atomic E-state index is 5.49. The number of thiazole rings is 1. The molecule has 0 saturated carbocycles. The van der Waals surface area contributed by atoms with Gasteiger partial charge in [-0.15, -0.1) is 5.10 Å². The lowest BCUT2D eigenvalue weighted by molar-refractivity contribution is 0.848. The summed E-state index contributed by atoms with van der Waals surface area (Å²) in [7, 11) is 0. The highest BCUT2D eigenvalue weighted by atomic mass is 32.1. The third-order valence-electron chi connectivity index (χ3n) is 2.20. The SMILES string of the molecule is Nc1nc2sc3c(n2n1)CCC3. The first-order chi connectivity index (χ1) is 5.84. The van der Waals surface area contributed by atoms with Crippen LogP contribution in [0, 0.1) is 0 Å². The zero-order valence-corrected chi connectivity index (χ0v) is 7.27. The lowest BCUT2D eigenvalue weighted by atomic mass is 10.4. The van der Waals surface area contributed by atoms with E-state index >= 15 is 0 Å². The predicted molar refractivity (Wildman–Crippen MR) is 47.3 cm³/mol. The van der Waals surface area contributed by atoms with Gasteiger partial charge in [0.15, 0.2) is 0 Å². The first-order valence-corrected chi connectivity index (χ1v) is 4.79. The van der Waals surface area contributed by atoms with Gasteiger partial charge >= 0.3 is 0 Å². The second-order valence-electron chi connectivity index (χ2n) is 2.99. The van der Waals surface area contributed by atoms with E-state index in [1.54, 1.807) is 11.3 Å². The second kappa shape index (κ2) is 1.98. The zero-order chi connectivity index (χ0) is 8.13. The van der Waals surface area contributed by atoms with Crippen molar-refractivity contribution >= 4 is 22.2 Å². The summed E-state index contributed by atoms with van der Waals surface area (Å²) in [6.45, 7) is 0. The average molecular weight is 180 g/mol. The van der Waals surface area contributed by atoms with Crippen LogP contribution in [0.25, 0.3) is 4.96 Å². The third-order valence-corrected chi connectivity index (χ3v) is 3.34. The molecule has 1 aliphatic carbocycles. The Hall–Kier alpha value is -1.10. The van der Waals surface area contributed by atoms with Crippen LogP contribution in [0.15, 0.2) is 0 Å². The van der Waals surface area contributed by atoms with Crippen molar-refractivity contribution < 1.29 is 0 Å². The van der Waals surface area contributed by atoms with E-state index in [1.807, 2.05) is 4.52 Å². The van der Waals surface area contributed by atoms with E-state index in [9.17, 15) is 0 Å². The molecular weight excluding hydrogens is 172 g/mol. The van der Waals surface area contributed by atoms with Crippen molar-refractivity contribution in [2.24, 2.45) is 0 Å². The smallest absolute Gasteiger partial charge is 0.241 e. The van der Waals surface area contributed by atoms with E-state index in [2.05, 4.69) is 10.1 Å². The molecule has 0 bridgehead atoms. The van der Waals surface area contributed by atoms with Gasteiger partial charge < -0.3 is 5.73 Å². The number of nitrogens with zero attached hydrogens (tertiary/aromatic N) is 3. The number of nitrogens with two attached hydrogens (primary N) is 1. The first-order valence-electron chi connectivity index (χ1n) is 3.97. The van der Waals surface area contributed by atoms with Crippen molar-refractivity contribution in [1.82, 2.24) is 14.6 Å². The molecule has 2 aromatic heterocycles. The minimum atomic E-state index is 0.385. The summed E-state index contributed by atoms with van der Waals surface area (Å²) in [6.07, 6.45) is 3.56. The van der Waals surface area contributed by atoms with Crippen LogP contribution >= 0.6 is 11.3 Å². The Labute approximate surface area is 73.0 Å². The Bertz CT molecular complexity index is 441. The van der Waals surface area contributed by atoms with Gasteiger partial charge in [-0.3, -0.25) is 0 Å². The Morgan fingerprint density at radius 3 is 3.25 bits per heavy atom. The molecule has 5 heteroatoms. The summed E-state index contributed by atoms with van der Waals surface area (Å²) < 4.78 is 1.89. The fourth-order valence-electron chi connectivity index (χ4n) is 1.70. The molecule has 2 heterocycles. The molecule has 2 N–H and O–H groups in total. The minimum Gasteiger partial charge on any atom is -0.366 e. The fourth-order valence-corrected chi connectivity index (χ4v) is 2.85. The monoisotopic (exact) mass is 180 g/mol. The molecule has 0 atom stereocenters. The molecule has 62 valence electrons. The molecule has 0 aromatic carbocycles. The van der Waals surface area contributed by atoms with Crippen LogP contribution in [-0.4, -0.2) is 14.6 Å². The lowest BCUT2D eigenvalue weighted by Crippen LogP contribution is -1.92. The molecule has 0 radical (unpaired) electrons. The highest BCUT2D eigenvalue weighted by Gasteiger charge is 2.19. The fraction of sp³-hybridized carbons (Fsp3) is 0.429. The van der Waals surface area contributed by atoms with Crippen LogP contribution in [-0.2, 0) is 12.8 Å². The largest absolute Gasteiger partial charge is 0.366 e. The van der Waals surface area contributed by atoms with Gasteiger partial charge in [0.25, 0.3) is 0 Å². The van der Waals surface area contributed by atoms with E-state index in [0.29, 0.717) is 5.95 Å². The summed E-state index contributed by atoms with van der Waals surface area (Å²) in [5.74, 6) is 0.385. The van der Waals surface area contributed by atoms with E-state index in [-0.39, 0.29) is 0 Å². The Morgan fingerprint density at radius 1 is 1.42 bits per heavy atom. The average Bonchev–Trinajstić information content (AvgIpc) is 2.59. The molecule has 3 rings (SSSR count). The molecule has 2 aromatic rings. The van der Waals surface area contributed by atoms with E-state index in [4.69, 9.17) is 5.73 Å². The lowest BCUT2D eigenvalue weighted by Gasteiger charge is -1.87. The zero-order valence-electron chi connectivity index (χ0n) is 6.45. The van der Waals surface area contributed by atoms with Crippen molar-refractivity contribution in [3.8, 4) is 0 Å². The number of fused-ring (bicyclic) bond motifs is 3. The van der Waals surface area contributed by atoms with E-state index in [0.717, 1.165) is 11.4 Å². The molecule has 0 aliphatic heterocycles. The van der Waals surface area contributed by atoms with Gasteiger partial charge in [0.05, 0.1) is 5.69 Å². The Balaban J connectivity index is 2.40. The minimum absolute atomic E-state index is 0.385. The maximum absolute atomic E-state index is 5.49. The van der Waals surface area contributed by atoms with Gasteiger partial charge in [-0.2, -0.15) is 4.98 Å². The molecule has 1 aliphatic rings. The quantitative estimate of drug-likeness (QED) is 0.654. The summed E-state index contributed by atoms with van der Waals surface area (Å²) in [4.78, 5) is 6.50. The molecule has 12 heavy (non-hydrogen) atoms. The van der Waals surface area contributed by atoms with Gasteiger partial charge in [-0.05, 0) is 19.3 Å². The van der Waals surface area contributed by atoms with Crippen LogP contribution in [0.4, 0.5) is 5.95 Å². The number of hydrogen-bond donors (Lipinski definition) is 1. The van der Waals surface area contributed by atoms with Gasteiger partial charge in [-0.1, -0.05) is 11.3 Å². The topological polar surface area (TPSA) is 56.2 Å². The predicted octanol–water partition coefficient (Wildman–Crippen LogP) is 0.862. The van der Waals surface area contributed by atoms with Gasteiger partial charge in [0.2, 0.25) is 10.9 Å². The Kier molecular flexibility index (Phi) is 1.06. The van der Waals surface area contributed by atoms with Crippen molar-refractivity contribution in [2.45, 2.75) is 19.3 Å².